The molecule has 0 aliphatic carbocycles. The first-order valence-electron chi connectivity index (χ1n) is 6.80. The highest BCUT2D eigenvalue weighted by atomic mass is 16.5. The van der Waals surface area contributed by atoms with E-state index in [1.54, 1.807) is 19.1 Å². The monoisotopic (exact) mass is 276 g/mol. The van der Waals surface area contributed by atoms with Crippen molar-refractivity contribution in [3.05, 3.63) is 0 Å². The second-order valence-electron chi connectivity index (χ2n) is 4.28. The second kappa shape index (κ2) is 13.7. The van der Waals surface area contributed by atoms with Crippen LogP contribution in [0.1, 0.15) is 19.3 Å². The van der Waals surface area contributed by atoms with Gasteiger partial charge in [0.05, 0.1) is 26.2 Å². The molecular formula is C13H28N2O4. The van der Waals surface area contributed by atoms with Gasteiger partial charge in [-0.25, -0.2) is 0 Å². The maximum absolute atomic E-state index is 11.6. The van der Waals surface area contributed by atoms with E-state index in [0.717, 1.165) is 12.8 Å². The molecule has 114 valence electrons. The van der Waals surface area contributed by atoms with Crippen LogP contribution < -0.4 is 5.73 Å². The van der Waals surface area contributed by atoms with Crippen molar-refractivity contribution in [1.29, 1.82) is 0 Å². The Kier molecular flexibility index (Phi) is 13.2. The Morgan fingerprint density at radius 2 is 1.74 bits per heavy atom. The van der Waals surface area contributed by atoms with Crippen LogP contribution in [0.15, 0.2) is 0 Å². The van der Waals surface area contributed by atoms with Crippen molar-refractivity contribution in [2.45, 2.75) is 19.3 Å². The van der Waals surface area contributed by atoms with Crippen molar-refractivity contribution in [2.24, 2.45) is 5.73 Å². The van der Waals surface area contributed by atoms with Crippen LogP contribution in [-0.4, -0.2) is 71.1 Å². The highest BCUT2D eigenvalue weighted by molar-refractivity contribution is 5.75. The van der Waals surface area contributed by atoms with Crippen molar-refractivity contribution in [1.82, 2.24) is 4.90 Å². The van der Waals surface area contributed by atoms with E-state index in [4.69, 9.17) is 19.9 Å². The number of carbonyl (C=O) groups is 1. The molecule has 0 saturated heterocycles. The lowest BCUT2D eigenvalue weighted by molar-refractivity contribution is -0.131. The van der Waals surface area contributed by atoms with Crippen molar-refractivity contribution >= 4 is 5.91 Å². The summed E-state index contributed by atoms with van der Waals surface area (Å²) in [5.41, 5.74) is 5.39. The van der Waals surface area contributed by atoms with Crippen LogP contribution in [0.25, 0.3) is 0 Å². The van der Waals surface area contributed by atoms with E-state index in [1.165, 1.54) is 0 Å². The fraction of sp³-hybridized carbons (Fsp3) is 0.923. The Labute approximate surface area is 116 Å². The molecule has 0 atom stereocenters. The molecule has 6 nitrogen and oxygen atoms in total. The Balaban J connectivity index is 3.27. The van der Waals surface area contributed by atoms with E-state index in [0.29, 0.717) is 52.5 Å². The van der Waals surface area contributed by atoms with Gasteiger partial charge in [0.15, 0.2) is 0 Å². The van der Waals surface area contributed by atoms with Gasteiger partial charge in [-0.15, -0.1) is 0 Å². The molecule has 0 saturated carbocycles. The highest BCUT2D eigenvalue weighted by Gasteiger charge is 2.07. The molecule has 0 aliphatic heterocycles. The number of hydrogen-bond donors (Lipinski definition) is 1. The van der Waals surface area contributed by atoms with Crippen LogP contribution in [0, 0.1) is 0 Å². The Morgan fingerprint density at radius 3 is 2.37 bits per heavy atom. The van der Waals surface area contributed by atoms with E-state index in [9.17, 15) is 4.79 Å². The van der Waals surface area contributed by atoms with Crippen LogP contribution in [0.4, 0.5) is 0 Å². The third kappa shape index (κ3) is 12.1. The first-order chi connectivity index (χ1) is 9.22. The van der Waals surface area contributed by atoms with Crippen LogP contribution in [0.5, 0.6) is 0 Å². The molecule has 0 aromatic rings. The molecular weight excluding hydrogens is 248 g/mol. The zero-order valence-electron chi connectivity index (χ0n) is 12.2. The quantitative estimate of drug-likeness (QED) is 0.488. The average molecular weight is 276 g/mol. The van der Waals surface area contributed by atoms with Crippen LogP contribution in [0.2, 0.25) is 0 Å². The Morgan fingerprint density at radius 1 is 1.05 bits per heavy atom. The van der Waals surface area contributed by atoms with Crippen LogP contribution >= 0.6 is 0 Å². The summed E-state index contributed by atoms with van der Waals surface area (Å²) in [6.07, 6.45) is 2.09. The number of hydrogen-bond acceptors (Lipinski definition) is 5. The van der Waals surface area contributed by atoms with Gasteiger partial charge in [0.1, 0.15) is 0 Å². The third-order valence-electron chi connectivity index (χ3n) is 2.59. The molecule has 0 fully saturated rings. The van der Waals surface area contributed by atoms with Crippen LogP contribution in [0.3, 0.4) is 0 Å². The van der Waals surface area contributed by atoms with Crippen LogP contribution in [-0.2, 0) is 19.0 Å². The molecule has 0 radical (unpaired) electrons. The number of rotatable bonds is 13. The maximum atomic E-state index is 11.6. The fourth-order valence-corrected chi connectivity index (χ4v) is 1.41. The van der Waals surface area contributed by atoms with Crippen molar-refractivity contribution < 1.29 is 19.0 Å². The average Bonchev–Trinajstić information content (AvgIpc) is 2.42. The Hall–Kier alpha value is -0.690. The highest BCUT2D eigenvalue weighted by Crippen LogP contribution is 1.94. The lowest BCUT2D eigenvalue weighted by Gasteiger charge is -2.16. The third-order valence-corrected chi connectivity index (χ3v) is 2.59. The van der Waals surface area contributed by atoms with Gasteiger partial charge in [0.2, 0.25) is 5.91 Å². The number of nitrogens with zero attached hydrogens (tertiary/aromatic N) is 1. The molecule has 0 unspecified atom stereocenters. The van der Waals surface area contributed by atoms with E-state index >= 15 is 0 Å². The van der Waals surface area contributed by atoms with Crippen molar-refractivity contribution in [3.8, 4) is 0 Å². The summed E-state index contributed by atoms with van der Waals surface area (Å²) in [5, 5.41) is 0. The molecule has 19 heavy (non-hydrogen) atoms. The van der Waals surface area contributed by atoms with Gasteiger partial charge in [-0.1, -0.05) is 0 Å². The van der Waals surface area contributed by atoms with Gasteiger partial charge >= 0.3 is 0 Å². The first kappa shape index (κ1) is 18.3. The molecule has 0 aromatic carbocycles. The normalized spacial score (nSPS) is 10.7. The van der Waals surface area contributed by atoms with E-state index < -0.39 is 0 Å². The first-order valence-corrected chi connectivity index (χ1v) is 6.80. The number of ether oxygens (including phenoxy) is 3. The summed E-state index contributed by atoms with van der Waals surface area (Å²) in [5.74, 6) is 0.102. The van der Waals surface area contributed by atoms with E-state index in [-0.39, 0.29) is 5.91 Å². The molecule has 0 aromatic heterocycles. The SMILES string of the molecule is COCCOCCCOCCC(=O)N(C)CCCN. The van der Waals surface area contributed by atoms with Crippen molar-refractivity contribution in [3.63, 3.8) is 0 Å². The topological polar surface area (TPSA) is 74.0 Å². The van der Waals surface area contributed by atoms with E-state index in [2.05, 4.69) is 0 Å². The van der Waals surface area contributed by atoms with Gasteiger partial charge in [-0.05, 0) is 19.4 Å². The Bertz CT molecular complexity index is 215. The van der Waals surface area contributed by atoms with Gasteiger partial charge in [0, 0.05) is 33.9 Å². The minimum Gasteiger partial charge on any atom is -0.382 e. The standard InChI is InChI=1S/C13H28N2O4/c1-15(7-3-6-14)13(16)5-10-18-8-4-9-19-12-11-17-2/h3-12,14H2,1-2H3. The summed E-state index contributed by atoms with van der Waals surface area (Å²) in [6.45, 7) is 4.29. The molecule has 2 N–H and O–H groups in total. The van der Waals surface area contributed by atoms with Gasteiger partial charge in [0.25, 0.3) is 0 Å². The zero-order chi connectivity index (χ0) is 14.3. The second-order valence-corrected chi connectivity index (χ2v) is 4.28. The zero-order valence-corrected chi connectivity index (χ0v) is 12.2. The lowest BCUT2D eigenvalue weighted by atomic mass is 10.3. The molecule has 1 amide bonds. The smallest absolute Gasteiger partial charge is 0.224 e. The number of nitrogens with two attached hydrogens (primary N) is 1. The molecule has 0 rings (SSSR count). The minimum absolute atomic E-state index is 0.102. The number of methoxy groups -OCH3 is 1. The van der Waals surface area contributed by atoms with E-state index in [1.807, 2.05) is 0 Å². The van der Waals surface area contributed by atoms with Gasteiger partial charge in [-0.3, -0.25) is 4.79 Å². The van der Waals surface area contributed by atoms with Crippen molar-refractivity contribution in [2.75, 3.05) is 60.3 Å². The predicted octanol–water partition coefficient (Wildman–Crippen LogP) is 0.253. The number of amides is 1. The predicted molar refractivity (Wildman–Crippen MR) is 74.1 cm³/mol. The minimum atomic E-state index is 0.102. The summed E-state index contributed by atoms with van der Waals surface area (Å²) < 4.78 is 15.5. The molecule has 6 heteroatoms. The summed E-state index contributed by atoms with van der Waals surface area (Å²) in [7, 11) is 3.44. The van der Waals surface area contributed by atoms with Gasteiger partial charge < -0.3 is 24.8 Å². The summed E-state index contributed by atoms with van der Waals surface area (Å²) in [6, 6.07) is 0. The lowest BCUT2D eigenvalue weighted by Crippen LogP contribution is -2.29. The largest absolute Gasteiger partial charge is 0.382 e. The molecule has 0 aliphatic rings. The maximum Gasteiger partial charge on any atom is 0.224 e. The molecule has 0 bridgehead atoms. The van der Waals surface area contributed by atoms with Gasteiger partial charge in [-0.2, -0.15) is 0 Å². The fourth-order valence-electron chi connectivity index (χ4n) is 1.41. The summed E-state index contributed by atoms with van der Waals surface area (Å²) in [4.78, 5) is 13.3. The molecule has 0 heterocycles. The number of carbonyl (C=O) groups excluding carboxylic acids is 1. The molecule has 0 spiro atoms. The summed E-state index contributed by atoms with van der Waals surface area (Å²) >= 11 is 0.